The van der Waals surface area contributed by atoms with Crippen molar-refractivity contribution >= 4 is 23.4 Å². The second kappa shape index (κ2) is 7.31. The van der Waals surface area contributed by atoms with Gasteiger partial charge in [-0.05, 0) is 51.5 Å². The maximum absolute atomic E-state index is 11.6. The Bertz CT molecular complexity index is 524. The lowest BCUT2D eigenvalue weighted by molar-refractivity contribution is -0.127. The summed E-state index contributed by atoms with van der Waals surface area (Å²) < 4.78 is 5.33. The molecule has 2 N–H and O–H groups in total. The van der Waals surface area contributed by atoms with Crippen molar-refractivity contribution in [3.8, 4) is 5.75 Å². The van der Waals surface area contributed by atoms with Crippen LogP contribution in [0.5, 0.6) is 5.75 Å². The Labute approximate surface area is 130 Å². The summed E-state index contributed by atoms with van der Waals surface area (Å²) >= 11 is 5.90. The maximum atomic E-state index is 11.6. The van der Waals surface area contributed by atoms with Gasteiger partial charge in [-0.15, -0.1) is 0 Å². The van der Waals surface area contributed by atoms with Crippen LogP contribution in [0.4, 0.5) is 0 Å². The summed E-state index contributed by atoms with van der Waals surface area (Å²) in [4.78, 5) is 23.1. The molecule has 0 unspecified atom stereocenters. The minimum atomic E-state index is -0.355. The molecule has 116 valence electrons. The van der Waals surface area contributed by atoms with Gasteiger partial charge in [-0.3, -0.25) is 9.59 Å². The molecule has 1 aromatic carbocycles. The summed E-state index contributed by atoms with van der Waals surface area (Å²) in [7, 11) is 0. The lowest BCUT2D eigenvalue weighted by atomic mass is 10.1. The highest BCUT2D eigenvalue weighted by Crippen LogP contribution is 2.20. The monoisotopic (exact) mass is 312 g/mol. The fraction of sp³-hybridized carbons (Fsp3) is 0.467. The molecule has 6 heteroatoms. The molecule has 0 bridgehead atoms. The molecule has 1 rings (SSSR count). The Balaban J connectivity index is 2.34. The first-order valence-corrected chi connectivity index (χ1v) is 7.02. The normalized spacial score (nSPS) is 10.9. The van der Waals surface area contributed by atoms with Crippen molar-refractivity contribution in [3.63, 3.8) is 0 Å². The van der Waals surface area contributed by atoms with Crippen LogP contribution in [0.25, 0.3) is 0 Å². The molecule has 1 aromatic rings. The number of nitrogens with one attached hydrogen (secondary N) is 2. The average molecular weight is 313 g/mol. The van der Waals surface area contributed by atoms with Gasteiger partial charge in [0, 0.05) is 10.6 Å². The standard InChI is InChI=1S/C15H21ClN2O3/c1-10-7-11(5-6-12(10)16)21-9-14(20)17-8-13(19)18-15(2,3)4/h5-7H,8-9H2,1-4H3,(H,17,20)(H,18,19). The van der Waals surface area contributed by atoms with Crippen LogP contribution in [0, 0.1) is 6.92 Å². The van der Waals surface area contributed by atoms with E-state index in [9.17, 15) is 9.59 Å². The molecule has 0 aromatic heterocycles. The third kappa shape index (κ3) is 6.99. The molecular formula is C15H21ClN2O3. The van der Waals surface area contributed by atoms with E-state index in [4.69, 9.17) is 16.3 Å². The van der Waals surface area contributed by atoms with Gasteiger partial charge in [-0.1, -0.05) is 11.6 Å². The zero-order valence-electron chi connectivity index (χ0n) is 12.7. The topological polar surface area (TPSA) is 67.4 Å². The first-order valence-electron chi connectivity index (χ1n) is 6.64. The number of carbonyl (C=O) groups excluding carboxylic acids is 2. The van der Waals surface area contributed by atoms with Gasteiger partial charge in [0.05, 0.1) is 6.54 Å². The zero-order chi connectivity index (χ0) is 16.0. The Morgan fingerprint density at radius 3 is 2.48 bits per heavy atom. The summed E-state index contributed by atoms with van der Waals surface area (Å²) in [5, 5.41) is 5.90. The molecular weight excluding hydrogens is 292 g/mol. The molecule has 0 aliphatic carbocycles. The van der Waals surface area contributed by atoms with Crippen molar-refractivity contribution in [3.05, 3.63) is 28.8 Å². The number of halogens is 1. The summed E-state index contributed by atoms with van der Waals surface area (Å²) in [6.45, 7) is 7.26. The second-order valence-corrected chi connectivity index (χ2v) is 6.18. The number of carbonyl (C=O) groups is 2. The third-order valence-electron chi connectivity index (χ3n) is 2.46. The predicted octanol–water partition coefficient (Wildman–Crippen LogP) is 2.06. The molecule has 0 atom stereocenters. The lowest BCUT2D eigenvalue weighted by Crippen LogP contribution is -2.46. The minimum absolute atomic E-state index is 0.0703. The number of rotatable bonds is 5. The first kappa shape index (κ1) is 17.3. The van der Waals surface area contributed by atoms with Crippen molar-refractivity contribution in [1.82, 2.24) is 10.6 Å². The molecule has 0 aliphatic rings. The van der Waals surface area contributed by atoms with Gasteiger partial charge < -0.3 is 15.4 Å². The smallest absolute Gasteiger partial charge is 0.258 e. The largest absolute Gasteiger partial charge is 0.484 e. The summed E-state index contributed by atoms with van der Waals surface area (Å²) in [6, 6.07) is 5.15. The van der Waals surface area contributed by atoms with Crippen molar-refractivity contribution in [2.75, 3.05) is 13.2 Å². The number of amides is 2. The summed E-state index contributed by atoms with van der Waals surface area (Å²) in [5.74, 6) is -0.0314. The molecule has 0 saturated carbocycles. The third-order valence-corrected chi connectivity index (χ3v) is 2.88. The van der Waals surface area contributed by atoms with Gasteiger partial charge in [0.25, 0.3) is 5.91 Å². The van der Waals surface area contributed by atoms with E-state index in [0.717, 1.165) is 5.56 Å². The number of hydrogen-bond acceptors (Lipinski definition) is 3. The number of benzene rings is 1. The number of ether oxygens (including phenoxy) is 1. The summed E-state index contributed by atoms with van der Waals surface area (Å²) in [5.41, 5.74) is 0.554. The van der Waals surface area contributed by atoms with E-state index in [2.05, 4.69) is 10.6 Å². The molecule has 0 heterocycles. The zero-order valence-corrected chi connectivity index (χ0v) is 13.5. The molecule has 2 amide bonds. The van der Waals surface area contributed by atoms with Gasteiger partial charge >= 0.3 is 0 Å². The molecule has 5 nitrogen and oxygen atoms in total. The van der Waals surface area contributed by atoms with E-state index in [-0.39, 0.29) is 30.5 Å². The van der Waals surface area contributed by atoms with Gasteiger partial charge in [0.15, 0.2) is 6.61 Å². The van der Waals surface area contributed by atoms with Crippen LogP contribution < -0.4 is 15.4 Å². The van der Waals surface area contributed by atoms with E-state index < -0.39 is 0 Å². The fourth-order valence-corrected chi connectivity index (χ4v) is 1.67. The predicted molar refractivity (Wildman–Crippen MR) is 82.6 cm³/mol. The second-order valence-electron chi connectivity index (χ2n) is 5.77. The number of aryl methyl sites for hydroxylation is 1. The Kier molecular flexibility index (Phi) is 6.03. The van der Waals surface area contributed by atoms with Crippen LogP contribution in [0.15, 0.2) is 18.2 Å². The Morgan fingerprint density at radius 2 is 1.90 bits per heavy atom. The van der Waals surface area contributed by atoms with Gasteiger partial charge in [0.1, 0.15) is 5.75 Å². The van der Waals surface area contributed by atoms with Gasteiger partial charge in [-0.2, -0.15) is 0 Å². The SMILES string of the molecule is Cc1cc(OCC(=O)NCC(=O)NC(C)(C)C)ccc1Cl. The molecule has 0 aliphatic heterocycles. The van der Waals surface area contributed by atoms with Crippen molar-refractivity contribution in [1.29, 1.82) is 0 Å². The van der Waals surface area contributed by atoms with E-state index in [1.54, 1.807) is 18.2 Å². The Morgan fingerprint density at radius 1 is 1.24 bits per heavy atom. The fourth-order valence-electron chi connectivity index (χ4n) is 1.55. The maximum Gasteiger partial charge on any atom is 0.258 e. The summed E-state index contributed by atoms with van der Waals surface area (Å²) in [6.07, 6.45) is 0. The molecule has 21 heavy (non-hydrogen) atoms. The number of hydrogen-bond donors (Lipinski definition) is 2. The van der Waals surface area contributed by atoms with Gasteiger partial charge in [-0.25, -0.2) is 0 Å². The molecule has 0 spiro atoms. The molecule has 0 saturated heterocycles. The average Bonchev–Trinajstić information content (AvgIpc) is 2.36. The molecule has 0 fully saturated rings. The van der Waals surface area contributed by atoms with E-state index in [1.807, 2.05) is 27.7 Å². The lowest BCUT2D eigenvalue weighted by Gasteiger charge is -2.20. The highest BCUT2D eigenvalue weighted by molar-refractivity contribution is 6.31. The van der Waals surface area contributed by atoms with Crippen molar-refractivity contribution < 1.29 is 14.3 Å². The highest BCUT2D eigenvalue weighted by Gasteiger charge is 2.14. The van der Waals surface area contributed by atoms with Crippen molar-refractivity contribution in [2.45, 2.75) is 33.2 Å². The Hall–Kier alpha value is -1.75. The van der Waals surface area contributed by atoms with Crippen molar-refractivity contribution in [2.24, 2.45) is 0 Å². The van der Waals surface area contributed by atoms with Crippen LogP contribution in [0.2, 0.25) is 5.02 Å². The van der Waals surface area contributed by atoms with Crippen LogP contribution in [-0.4, -0.2) is 30.5 Å². The quantitative estimate of drug-likeness (QED) is 0.874. The van der Waals surface area contributed by atoms with Crippen LogP contribution in [-0.2, 0) is 9.59 Å². The van der Waals surface area contributed by atoms with E-state index in [1.165, 1.54) is 0 Å². The van der Waals surface area contributed by atoms with E-state index in [0.29, 0.717) is 10.8 Å². The van der Waals surface area contributed by atoms with Gasteiger partial charge in [0.2, 0.25) is 5.91 Å². The van der Waals surface area contributed by atoms with Crippen LogP contribution in [0.1, 0.15) is 26.3 Å². The minimum Gasteiger partial charge on any atom is -0.484 e. The van der Waals surface area contributed by atoms with Crippen LogP contribution >= 0.6 is 11.6 Å². The van der Waals surface area contributed by atoms with E-state index >= 15 is 0 Å². The first-order chi connectivity index (χ1) is 9.67. The highest BCUT2D eigenvalue weighted by atomic mass is 35.5. The van der Waals surface area contributed by atoms with Crippen LogP contribution in [0.3, 0.4) is 0 Å². The molecule has 0 radical (unpaired) electrons.